The molecule has 2 aliphatic rings. The quantitative estimate of drug-likeness (QED) is 0.186. The molecule has 46 heavy (non-hydrogen) atoms. The van der Waals surface area contributed by atoms with Crippen LogP contribution in [0.1, 0.15) is 22.3 Å². The summed E-state index contributed by atoms with van der Waals surface area (Å²) in [6.45, 7) is 0. The highest BCUT2D eigenvalue weighted by Gasteiger charge is 2.53. The van der Waals surface area contributed by atoms with Crippen molar-refractivity contribution >= 4 is 42.4 Å². The zero-order valence-corrected chi connectivity index (χ0v) is 25.3. The lowest BCUT2D eigenvalue weighted by molar-refractivity contribution is 0.429. The number of nitrogens with zero attached hydrogens (tertiary/aromatic N) is 1. The third kappa shape index (κ3) is 3.15. The minimum atomic E-state index is -3.88. The van der Waals surface area contributed by atoms with E-state index in [9.17, 15) is 8.42 Å². The summed E-state index contributed by atoms with van der Waals surface area (Å²) >= 11 is 0. The Morgan fingerprint density at radius 3 is 1.89 bits per heavy atom. The maximum atomic E-state index is 14.7. The summed E-state index contributed by atoms with van der Waals surface area (Å²) in [6, 6.07) is 50.7. The predicted molar refractivity (Wildman–Crippen MR) is 182 cm³/mol. The number of para-hydroxylation sites is 3. The van der Waals surface area contributed by atoms with Gasteiger partial charge in [-0.3, -0.25) is 0 Å². The summed E-state index contributed by atoms with van der Waals surface area (Å²) in [5.41, 5.74) is 5.37. The van der Waals surface area contributed by atoms with Crippen LogP contribution in [0.4, 0.5) is 0 Å². The van der Waals surface area contributed by atoms with Gasteiger partial charge >= 0.3 is 0 Å². The molecule has 4 nitrogen and oxygen atoms in total. The molecular formula is C41H25NO3S. The zero-order valence-electron chi connectivity index (χ0n) is 24.5. The SMILES string of the molecule is O=S1(=O)c2ccccc2C2(c3ccccc3Oc3ccccc32)c2cc3c(cc21)c1ccccc1n3-c1ccc2ccccc2c1. The average Bonchev–Trinajstić information content (AvgIpc) is 3.43. The summed E-state index contributed by atoms with van der Waals surface area (Å²) in [5.74, 6) is 1.44. The highest BCUT2D eigenvalue weighted by Crippen LogP contribution is 2.60. The maximum absolute atomic E-state index is 14.7. The summed E-state index contributed by atoms with van der Waals surface area (Å²) in [5, 5.41) is 4.21. The molecule has 0 N–H and O–H groups in total. The molecule has 0 radical (unpaired) electrons. The van der Waals surface area contributed by atoms with E-state index in [1.165, 1.54) is 5.39 Å². The Bertz CT molecular complexity index is 2660. The number of aromatic nitrogens is 1. The van der Waals surface area contributed by atoms with Crippen LogP contribution in [0.15, 0.2) is 161 Å². The average molecular weight is 612 g/mol. The molecule has 5 heteroatoms. The summed E-state index contributed by atoms with van der Waals surface area (Å²) < 4.78 is 38.2. The molecule has 8 aromatic rings. The lowest BCUT2D eigenvalue weighted by atomic mass is 9.63. The molecule has 0 fully saturated rings. The fourth-order valence-corrected chi connectivity index (χ4v) is 9.73. The normalized spacial score (nSPS) is 15.2. The van der Waals surface area contributed by atoms with Gasteiger partial charge in [-0.25, -0.2) is 8.42 Å². The molecule has 10 rings (SSSR count). The largest absolute Gasteiger partial charge is 0.457 e. The van der Waals surface area contributed by atoms with E-state index in [-0.39, 0.29) is 0 Å². The van der Waals surface area contributed by atoms with Crippen molar-refractivity contribution in [2.45, 2.75) is 15.2 Å². The van der Waals surface area contributed by atoms with Crippen molar-refractivity contribution in [3.05, 3.63) is 174 Å². The van der Waals surface area contributed by atoms with Gasteiger partial charge in [0.25, 0.3) is 0 Å². The molecule has 0 saturated heterocycles. The van der Waals surface area contributed by atoms with Gasteiger partial charge in [0.1, 0.15) is 11.5 Å². The molecule has 7 aromatic carbocycles. The number of ether oxygens (including phenoxy) is 1. The fourth-order valence-electron chi connectivity index (χ4n) is 7.95. The lowest BCUT2D eigenvalue weighted by Crippen LogP contribution is -2.39. The summed E-state index contributed by atoms with van der Waals surface area (Å²) in [4.78, 5) is 0.651. The van der Waals surface area contributed by atoms with Crippen LogP contribution < -0.4 is 4.74 Å². The molecular weight excluding hydrogens is 587 g/mol. The predicted octanol–water partition coefficient (Wildman–Crippen LogP) is 9.57. The van der Waals surface area contributed by atoms with Crippen LogP contribution in [0.3, 0.4) is 0 Å². The Hall–Kier alpha value is -5.65. The molecule has 0 atom stereocenters. The Morgan fingerprint density at radius 1 is 0.478 bits per heavy atom. The molecule has 0 saturated carbocycles. The standard InChI is InChI=1S/C41H25NO3S/c43-46(44)39-20-10-6-16-33(39)41(31-14-4-8-18-37(31)45-38-19-9-5-15-32(38)41)34-25-36-30(24-40(34)46)29-13-3-7-17-35(29)42(36)28-22-21-26-11-1-2-12-27(26)23-28/h1-25H. The molecule has 1 spiro atoms. The van der Waals surface area contributed by atoms with Gasteiger partial charge in [0.05, 0.1) is 26.2 Å². The van der Waals surface area contributed by atoms with Crippen LogP contribution in [-0.2, 0) is 15.3 Å². The van der Waals surface area contributed by atoms with Gasteiger partial charge in [-0.15, -0.1) is 0 Å². The van der Waals surface area contributed by atoms with Gasteiger partial charge in [0, 0.05) is 27.6 Å². The molecule has 218 valence electrons. The minimum Gasteiger partial charge on any atom is -0.457 e. The van der Waals surface area contributed by atoms with Crippen molar-refractivity contribution in [1.29, 1.82) is 0 Å². The first-order chi connectivity index (χ1) is 22.6. The van der Waals surface area contributed by atoms with E-state index in [0.717, 1.165) is 66.6 Å². The second-order valence-electron chi connectivity index (χ2n) is 12.1. The minimum absolute atomic E-state index is 0.326. The second kappa shape index (κ2) is 8.96. The van der Waals surface area contributed by atoms with Crippen molar-refractivity contribution in [3.8, 4) is 17.2 Å². The Labute approximate surface area is 265 Å². The Kier molecular flexibility index (Phi) is 5.00. The van der Waals surface area contributed by atoms with Crippen molar-refractivity contribution in [1.82, 2.24) is 4.57 Å². The second-order valence-corrected chi connectivity index (χ2v) is 14.0. The maximum Gasteiger partial charge on any atom is 0.207 e. The number of fused-ring (bicyclic) bond motifs is 12. The van der Waals surface area contributed by atoms with Crippen molar-refractivity contribution in [2.24, 2.45) is 0 Å². The summed E-state index contributed by atoms with van der Waals surface area (Å²) in [7, 11) is -3.88. The highest BCUT2D eigenvalue weighted by molar-refractivity contribution is 7.91. The number of hydrogen-bond acceptors (Lipinski definition) is 3. The molecule has 3 heterocycles. The van der Waals surface area contributed by atoms with Crippen LogP contribution in [0.5, 0.6) is 11.5 Å². The van der Waals surface area contributed by atoms with Gasteiger partial charge in [-0.1, -0.05) is 103 Å². The fraction of sp³-hybridized carbons (Fsp3) is 0.0244. The first-order valence-corrected chi connectivity index (χ1v) is 16.8. The Balaban J connectivity index is 1.42. The van der Waals surface area contributed by atoms with E-state index in [1.54, 1.807) is 6.07 Å². The van der Waals surface area contributed by atoms with Crippen molar-refractivity contribution < 1.29 is 13.2 Å². The van der Waals surface area contributed by atoms with Crippen LogP contribution in [0.25, 0.3) is 38.3 Å². The van der Waals surface area contributed by atoms with E-state index in [0.29, 0.717) is 9.79 Å². The number of hydrogen-bond donors (Lipinski definition) is 0. The number of sulfone groups is 1. The number of benzene rings is 7. The molecule has 0 aliphatic carbocycles. The Morgan fingerprint density at radius 2 is 1.11 bits per heavy atom. The van der Waals surface area contributed by atoms with E-state index < -0.39 is 15.3 Å². The number of rotatable bonds is 1. The van der Waals surface area contributed by atoms with Crippen LogP contribution in [0.2, 0.25) is 0 Å². The summed E-state index contributed by atoms with van der Waals surface area (Å²) in [6.07, 6.45) is 0. The monoisotopic (exact) mass is 611 g/mol. The van der Waals surface area contributed by atoms with E-state index in [1.807, 2.05) is 72.8 Å². The molecule has 0 amide bonds. The molecule has 0 bridgehead atoms. The van der Waals surface area contributed by atoms with Gasteiger partial charge in [-0.05, 0) is 70.4 Å². The topological polar surface area (TPSA) is 48.3 Å². The van der Waals surface area contributed by atoms with Crippen LogP contribution >= 0.6 is 0 Å². The third-order valence-corrected chi connectivity index (χ3v) is 11.7. The lowest BCUT2D eigenvalue weighted by Gasteiger charge is -2.45. The smallest absolute Gasteiger partial charge is 0.207 e. The first-order valence-electron chi connectivity index (χ1n) is 15.4. The molecule has 0 unspecified atom stereocenters. The van der Waals surface area contributed by atoms with E-state index in [2.05, 4.69) is 77.4 Å². The van der Waals surface area contributed by atoms with Gasteiger partial charge in [0.15, 0.2) is 0 Å². The van der Waals surface area contributed by atoms with Crippen molar-refractivity contribution in [3.63, 3.8) is 0 Å². The van der Waals surface area contributed by atoms with Crippen LogP contribution in [0, 0.1) is 0 Å². The van der Waals surface area contributed by atoms with Crippen molar-refractivity contribution in [2.75, 3.05) is 0 Å². The highest BCUT2D eigenvalue weighted by atomic mass is 32.2. The van der Waals surface area contributed by atoms with Crippen LogP contribution in [-0.4, -0.2) is 13.0 Å². The van der Waals surface area contributed by atoms with Gasteiger partial charge in [-0.2, -0.15) is 0 Å². The first kappa shape index (κ1) is 25.7. The van der Waals surface area contributed by atoms with E-state index >= 15 is 0 Å². The van der Waals surface area contributed by atoms with Gasteiger partial charge in [0.2, 0.25) is 9.84 Å². The third-order valence-electron chi connectivity index (χ3n) is 9.84. The molecule has 2 aliphatic heterocycles. The van der Waals surface area contributed by atoms with Gasteiger partial charge < -0.3 is 9.30 Å². The van der Waals surface area contributed by atoms with E-state index in [4.69, 9.17) is 4.74 Å². The molecule has 1 aromatic heterocycles. The zero-order chi connectivity index (χ0) is 30.6.